The normalized spacial score (nSPS) is 14.9. The number of hydrogen-bond donors (Lipinski definition) is 2. The summed E-state index contributed by atoms with van der Waals surface area (Å²) in [6.45, 7) is 8.58. The van der Waals surface area contributed by atoms with Crippen LogP contribution in [0.15, 0.2) is 24.4 Å². The van der Waals surface area contributed by atoms with E-state index in [1.165, 1.54) is 10.9 Å². The topological polar surface area (TPSA) is 87.4 Å². The number of esters is 1. The van der Waals surface area contributed by atoms with Crippen LogP contribution in [0.3, 0.4) is 0 Å². The number of piperidine rings is 1. The van der Waals surface area contributed by atoms with Crippen molar-refractivity contribution in [2.45, 2.75) is 52.6 Å². The fraction of sp³-hybridized carbons (Fsp3) is 0.440. The molecule has 7 heteroatoms. The number of H-pyrrole nitrogens is 2. The Kier molecular flexibility index (Phi) is 6.00. The highest BCUT2D eigenvalue weighted by Crippen LogP contribution is 2.35. The number of nitrogens with one attached hydrogen (secondary N) is 2. The van der Waals surface area contributed by atoms with Crippen molar-refractivity contribution in [2.75, 3.05) is 20.2 Å². The van der Waals surface area contributed by atoms with Crippen molar-refractivity contribution >= 4 is 22.8 Å². The Balaban J connectivity index is 1.48. The van der Waals surface area contributed by atoms with Gasteiger partial charge in [-0.2, -0.15) is 0 Å². The number of aryl methyl sites for hydroxylation is 1. The number of benzene rings is 1. The molecule has 0 spiro atoms. The molecule has 3 aromatic rings. The van der Waals surface area contributed by atoms with Gasteiger partial charge in [0.1, 0.15) is 11.4 Å². The second-order valence-electron chi connectivity index (χ2n) is 8.80. The molecular formula is C25H31N3O4. The van der Waals surface area contributed by atoms with Crippen molar-refractivity contribution in [2.24, 2.45) is 0 Å². The summed E-state index contributed by atoms with van der Waals surface area (Å²) in [5.74, 6) is 0.769. The molecule has 2 aromatic heterocycles. The average Bonchev–Trinajstić information content (AvgIpc) is 3.32. The van der Waals surface area contributed by atoms with Crippen molar-refractivity contribution in [1.29, 1.82) is 0 Å². The molecular weight excluding hydrogens is 406 g/mol. The SMILES string of the molecule is COc1ccc2[nH]cc(C3CCN(C(=O)c4[nH]c(C)c(C(=O)OC(C)C)c4C)CC3)c2c1. The quantitative estimate of drug-likeness (QED) is 0.566. The van der Waals surface area contributed by atoms with E-state index in [1.54, 1.807) is 21.0 Å². The molecule has 1 aliphatic heterocycles. The number of amides is 1. The zero-order valence-electron chi connectivity index (χ0n) is 19.4. The Morgan fingerprint density at radius 3 is 2.53 bits per heavy atom. The molecule has 2 N–H and O–H groups in total. The minimum absolute atomic E-state index is 0.0618. The Hall–Kier alpha value is -3.22. The summed E-state index contributed by atoms with van der Waals surface area (Å²) in [5, 5.41) is 1.18. The van der Waals surface area contributed by atoms with E-state index in [4.69, 9.17) is 9.47 Å². The highest BCUT2D eigenvalue weighted by Gasteiger charge is 2.30. The van der Waals surface area contributed by atoms with E-state index in [-0.39, 0.29) is 12.0 Å². The molecule has 1 saturated heterocycles. The van der Waals surface area contributed by atoms with E-state index in [9.17, 15) is 9.59 Å². The van der Waals surface area contributed by atoms with Gasteiger partial charge in [0.05, 0.1) is 18.8 Å². The predicted octanol–water partition coefficient (Wildman–Crippen LogP) is 4.71. The molecule has 170 valence electrons. The Labute approximate surface area is 188 Å². The predicted molar refractivity (Wildman–Crippen MR) is 124 cm³/mol. The molecule has 0 aliphatic carbocycles. The van der Waals surface area contributed by atoms with E-state index >= 15 is 0 Å². The third-order valence-electron chi connectivity index (χ3n) is 6.34. The molecule has 1 aliphatic rings. The third kappa shape index (κ3) is 3.99. The molecule has 3 heterocycles. The Bertz CT molecular complexity index is 1150. The lowest BCUT2D eigenvalue weighted by Gasteiger charge is -2.32. The maximum Gasteiger partial charge on any atom is 0.340 e. The number of carbonyl (C=O) groups is 2. The zero-order valence-corrected chi connectivity index (χ0v) is 19.4. The van der Waals surface area contributed by atoms with Gasteiger partial charge in [-0.1, -0.05) is 0 Å². The van der Waals surface area contributed by atoms with Crippen LogP contribution in [-0.2, 0) is 4.74 Å². The van der Waals surface area contributed by atoms with Gasteiger partial charge in [-0.05, 0) is 75.8 Å². The number of hydrogen-bond acceptors (Lipinski definition) is 4. The summed E-state index contributed by atoms with van der Waals surface area (Å²) in [4.78, 5) is 34.1. The van der Waals surface area contributed by atoms with E-state index in [2.05, 4.69) is 22.2 Å². The Morgan fingerprint density at radius 1 is 1.16 bits per heavy atom. The monoisotopic (exact) mass is 437 g/mol. The van der Waals surface area contributed by atoms with Crippen LogP contribution in [0.25, 0.3) is 10.9 Å². The van der Waals surface area contributed by atoms with Crippen molar-refractivity contribution in [3.8, 4) is 5.75 Å². The first-order valence-electron chi connectivity index (χ1n) is 11.1. The molecule has 0 atom stereocenters. The van der Waals surface area contributed by atoms with Gasteiger partial charge in [-0.3, -0.25) is 4.79 Å². The number of rotatable bonds is 5. The van der Waals surface area contributed by atoms with Crippen molar-refractivity contribution < 1.29 is 19.1 Å². The third-order valence-corrected chi connectivity index (χ3v) is 6.34. The van der Waals surface area contributed by atoms with Gasteiger partial charge in [0.25, 0.3) is 5.91 Å². The maximum atomic E-state index is 13.2. The second kappa shape index (κ2) is 8.73. The summed E-state index contributed by atoms with van der Waals surface area (Å²) in [5.41, 5.74) is 4.63. The highest BCUT2D eigenvalue weighted by molar-refractivity contribution is 6.00. The number of nitrogens with zero attached hydrogens (tertiary/aromatic N) is 1. The van der Waals surface area contributed by atoms with Crippen LogP contribution in [0, 0.1) is 13.8 Å². The van der Waals surface area contributed by atoms with Gasteiger partial charge in [0, 0.05) is 35.9 Å². The molecule has 32 heavy (non-hydrogen) atoms. The largest absolute Gasteiger partial charge is 0.497 e. The van der Waals surface area contributed by atoms with Gasteiger partial charge in [0.2, 0.25) is 0 Å². The van der Waals surface area contributed by atoms with Crippen molar-refractivity contribution in [3.05, 3.63) is 52.5 Å². The number of likely N-dealkylation sites (tertiary alicyclic amines) is 1. The smallest absolute Gasteiger partial charge is 0.340 e. The van der Waals surface area contributed by atoms with Crippen LogP contribution in [0.1, 0.15) is 70.3 Å². The first-order valence-corrected chi connectivity index (χ1v) is 11.1. The number of fused-ring (bicyclic) bond motifs is 1. The molecule has 1 aromatic carbocycles. The lowest BCUT2D eigenvalue weighted by Crippen LogP contribution is -2.38. The first-order chi connectivity index (χ1) is 15.3. The van der Waals surface area contributed by atoms with E-state index < -0.39 is 5.97 Å². The molecule has 0 bridgehead atoms. The summed E-state index contributed by atoms with van der Waals surface area (Å²) in [6, 6.07) is 6.06. The molecule has 0 unspecified atom stereocenters. The summed E-state index contributed by atoms with van der Waals surface area (Å²) in [6.07, 6.45) is 3.64. The van der Waals surface area contributed by atoms with Crippen LogP contribution in [0.2, 0.25) is 0 Å². The molecule has 0 radical (unpaired) electrons. The van der Waals surface area contributed by atoms with Gasteiger partial charge in [-0.25, -0.2) is 4.79 Å². The van der Waals surface area contributed by atoms with E-state index in [0.717, 1.165) is 24.1 Å². The highest BCUT2D eigenvalue weighted by atomic mass is 16.5. The lowest BCUT2D eigenvalue weighted by molar-refractivity contribution is 0.0376. The standard InChI is InChI=1S/C25H31N3O4/c1-14(2)32-25(30)22-15(3)23(27-16(22)4)24(29)28-10-8-17(9-11-28)20-13-26-21-7-6-18(31-5)12-19(20)21/h6-7,12-14,17,26-27H,8-11H2,1-5H3. The van der Waals surface area contributed by atoms with E-state index in [0.29, 0.717) is 41.5 Å². The van der Waals surface area contributed by atoms with Crippen LogP contribution >= 0.6 is 0 Å². The number of aromatic amines is 2. The molecule has 4 rings (SSSR count). The van der Waals surface area contributed by atoms with Crippen LogP contribution in [0.4, 0.5) is 0 Å². The minimum atomic E-state index is -0.390. The average molecular weight is 438 g/mol. The number of ether oxygens (including phenoxy) is 2. The number of methoxy groups -OCH3 is 1. The summed E-state index contributed by atoms with van der Waals surface area (Å²) in [7, 11) is 1.68. The fourth-order valence-corrected chi connectivity index (χ4v) is 4.68. The molecule has 0 saturated carbocycles. The number of aromatic nitrogens is 2. The molecule has 1 amide bonds. The van der Waals surface area contributed by atoms with Gasteiger partial charge in [-0.15, -0.1) is 0 Å². The summed E-state index contributed by atoms with van der Waals surface area (Å²) < 4.78 is 10.7. The van der Waals surface area contributed by atoms with Gasteiger partial charge >= 0.3 is 5.97 Å². The number of carbonyl (C=O) groups excluding carboxylic acids is 2. The fourth-order valence-electron chi connectivity index (χ4n) is 4.68. The zero-order chi connectivity index (χ0) is 23.0. The minimum Gasteiger partial charge on any atom is -0.497 e. The van der Waals surface area contributed by atoms with Gasteiger partial charge in [0.15, 0.2) is 0 Å². The van der Waals surface area contributed by atoms with Crippen LogP contribution in [0.5, 0.6) is 5.75 Å². The first kappa shape index (κ1) is 22.0. The summed E-state index contributed by atoms with van der Waals surface area (Å²) >= 11 is 0. The van der Waals surface area contributed by atoms with Crippen LogP contribution < -0.4 is 4.74 Å². The van der Waals surface area contributed by atoms with Crippen molar-refractivity contribution in [3.63, 3.8) is 0 Å². The molecule has 1 fully saturated rings. The lowest BCUT2D eigenvalue weighted by atomic mass is 9.89. The Morgan fingerprint density at radius 2 is 1.88 bits per heavy atom. The van der Waals surface area contributed by atoms with Crippen LogP contribution in [-0.4, -0.2) is 53.0 Å². The maximum absolute atomic E-state index is 13.2. The second-order valence-corrected chi connectivity index (χ2v) is 8.80. The van der Waals surface area contributed by atoms with Crippen molar-refractivity contribution in [1.82, 2.24) is 14.9 Å². The van der Waals surface area contributed by atoms with Gasteiger partial charge < -0.3 is 24.3 Å². The molecule has 7 nitrogen and oxygen atoms in total. The van der Waals surface area contributed by atoms with E-state index in [1.807, 2.05) is 30.9 Å².